The van der Waals surface area contributed by atoms with Gasteiger partial charge in [0.1, 0.15) is 11.5 Å². The van der Waals surface area contributed by atoms with Crippen LogP contribution in [0.2, 0.25) is 0 Å². The van der Waals surface area contributed by atoms with E-state index in [2.05, 4.69) is 25.2 Å². The van der Waals surface area contributed by atoms with Crippen molar-refractivity contribution < 1.29 is 4.74 Å². The Bertz CT molecular complexity index is 211. The number of hydrogen-bond acceptors (Lipinski definition) is 1. The van der Waals surface area contributed by atoms with Crippen molar-refractivity contribution in [1.29, 1.82) is 0 Å². The molecule has 60 valence electrons. The van der Waals surface area contributed by atoms with E-state index in [1.165, 1.54) is 5.57 Å². The van der Waals surface area contributed by atoms with Crippen molar-refractivity contribution in [3.05, 3.63) is 35.3 Å². The molecule has 1 rings (SSSR count). The zero-order valence-corrected chi connectivity index (χ0v) is 7.35. The molecular weight excluding hydrogens is 136 g/mol. The molecule has 0 N–H and O–H groups in total. The third-order valence-corrected chi connectivity index (χ3v) is 1.50. The molecule has 0 aromatic heterocycles. The van der Waals surface area contributed by atoms with Crippen molar-refractivity contribution in [1.82, 2.24) is 0 Å². The summed E-state index contributed by atoms with van der Waals surface area (Å²) in [7, 11) is 0. The van der Waals surface area contributed by atoms with Crippen LogP contribution in [0.15, 0.2) is 35.3 Å². The van der Waals surface area contributed by atoms with Gasteiger partial charge in [0.05, 0.1) is 0 Å². The Morgan fingerprint density at radius 1 is 1.27 bits per heavy atom. The molecule has 1 heterocycles. The van der Waals surface area contributed by atoms with Gasteiger partial charge in [0, 0.05) is 0 Å². The van der Waals surface area contributed by atoms with Gasteiger partial charge in [-0.25, -0.2) is 0 Å². The van der Waals surface area contributed by atoms with Crippen LogP contribution < -0.4 is 0 Å². The summed E-state index contributed by atoms with van der Waals surface area (Å²) in [6.45, 7) is 6.08. The topological polar surface area (TPSA) is 9.23 Å². The van der Waals surface area contributed by atoms with Crippen LogP contribution in [0.25, 0.3) is 0 Å². The smallest absolute Gasteiger partial charge is 0.101 e. The average molecular weight is 150 g/mol. The summed E-state index contributed by atoms with van der Waals surface area (Å²) in [6.07, 6.45) is 7.37. The van der Waals surface area contributed by atoms with Crippen LogP contribution in [0.4, 0.5) is 0 Å². The third-order valence-electron chi connectivity index (χ3n) is 1.50. The summed E-state index contributed by atoms with van der Waals surface area (Å²) in [5, 5.41) is 0. The zero-order valence-electron chi connectivity index (χ0n) is 7.35. The molecule has 0 fully saturated rings. The lowest BCUT2D eigenvalue weighted by atomic mass is 10.1. The first-order valence-corrected chi connectivity index (χ1v) is 3.97. The van der Waals surface area contributed by atoms with Gasteiger partial charge in [-0.3, -0.25) is 0 Å². The Balaban J connectivity index is 2.81. The maximum absolute atomic E-state index is 5.34. The van der Waals surface area contributed by atoms with E-state index in [4.69, 9.17) is 4.74 Å². The first-order valence-electron chi connectivity index (χ1n) is 3.97. The van der Waals surface area contributed by atoms with E-state index in [0.29, 0.717) is 0 Å². The molecule has 0 unspecified atom stereocenters. The molecule has 0 radical (unpaired) electrons. The number of hydrogen-bond donors (Lipinski definition) is 0. The first kappa shape index (κ1) is 8.12. The van der Waals surface area contributed by atoms with E-state index in [-0.39, 0.29) is 0 Å². The second-order valence-electron chi connectivity index (χ2n) is 2.72. The van der Waals surface area contributed by atoms with Crippen LogP contribution in [-0.2, 0) is 4.74 Å². The second-order valence-corrected chi connectivity index (χ2v) is 2.72. The van der Waals surface area contributed by atoms with Crippen molar-refractivity contribution >= 4 is 0 Å². The van der Waals surface area contributed by atoms with Gasteiger partial charge >= 0.3 is 0 Å². The van der Waals surface area contributed by atoms with Gasteiger partial charge in [-0.05, 0) is 38.0 Å². The molecule has 0 saturated heterocycles. The SMILES string of the molecule is CCC=C1C=C(C)OC(C)=C1. The summed E-state index contributed by atoms with van der Waals surface area (Å²) < 4.78 is 5.34. The predicted octanol–water partition coefficient (Wildman–Crippen LogP) is 3.16. The van der Waals surface area contributed by atoms with Gasteiger partial charge < -0.3 is 4.74 Å². The molecule has 11 heavy (non-hydrogen) atoms. The summed E-state index contributed by atoms with van der Waals surface area (Å²) in [6, 6.07) is 0. The molecule has 0 aromatic carbocycles. The molecule has 1 nitrogen and oxygen atoms in total. The van der Waals surface area contributed by atoms with Crippen molar-refractivity contribution in [2.75, 3.05) is 0 Å². The van der Waals surface area contributed by atoms with Crippen molar-refractivity contribution in [3.8, 4) is 0 Å². The average Bonchev–Trinajstić information content (AvgIpc) is 1.85. The largest absolute Gasteiger partial charge is 0.467 e. The fraction of sp³-hybridized carbons (Fsp3) is 0.400. The minimum absolute atomic E-state index is 0.977. The lowest BCUT2D eigenvalue weighted by Gasteiger charge is -2.11. The molecule has 0 atom stereocenters. The zero-order chi connectivity index (χ0) is 8.27. The number of allylic oxidation sites excluding steroid dienone is 6. The Morgan fingerprint density at radius 2 is 1.82 bits per heavy atom. The maximum Gasteiger partial charge on any atom is 0.101 e. The van der Waals surface area contributed by atoms with Crippen molar-refractivity contribution in [2.45, 2.75) is 27.2 Å². The van der Waals surface area contributed by atoms with Gasteiger partial charge in [-0.1, -0.05) is 13.0 Å². The Labute approximate surface area is 68.1 Å². The number of rotatable bonds is 1. The van der Waals surface area contributed by atoms with Crippen molar-refractivity contribution in [2.24, 2.45) is 0 Å². The van der Waals surface area contributed by atoms with E-state index >= 15 is 0 Å². The van der Waals surface area contributed by atoms with E-state index in [9.17, 15) is 0 Å². The normalized spacial score (nSPS) is 16.8. The minimum Gasteiger partial charge on any atom is -0.467 e. The second kappa shape index (κ2) is 3.42. The van der Waals surface area contributed by atoms with E-state index in [1.54, 1.807) is 0 Å². The van der Waals surface area contributed by atoms with E-state index in [0.717, 1.165) is 17.9 Å². The van der Waals surface area contributed by atoms with Gasteiger partial charge in [0.2, 0.25) is 0 Å². The summed E-state index contributed by atoms with van der Waals surface area (Å²) >= 11 is 0. The molecule has 0 aromatic rings. The van der Waals surface area contributed by atoms with Crippen LogP contribution in [0.1, 0.15) is 27.2 Å². The van der Waals surface area contributed by atoms with Crippen molar-refractivity contribution in [3.63, 3.8) is 0 Å². The highest BCUT2D eigenvalue weighted by molar-refractivity contribution is 5.35. The maximum atomic E-state index is 5.34. The lowest BCUT2D eigenvalue weighted by Crippen LogP contribution is -1.93. The standard InChI is InChI=1S/C10H14O/c1-4-5-10-6-8(2)11-9(3)7-10/h5-7H,4H2,1-3H3. The molecule has 0 bridgehead atoms. The Hall–Kier alpha value is -0.980. The highest BCUT2D eigenvalue weighted by Crippen LogP contribution is 2.18. The minimum atomic E-state index is 0.977. The predicted molar refractivity (Wildman–Crippen MR) is 47.0 cm³/mol. The van der Waals surface area contributed by atoms with Crippen LogP contribution in [0, 0.1) is 0 Å². The number of ether oxygens (including phenoxy) is 1. The Kier molecular flexibility index (Phi) is 2.53. The van der Waals surface area contributed by atoms with Gasteiger partial charge in [0.15, 0.2) is 0 Å². The molecule has 1 heteroatoms. The van der Waals surface area contributed by atoms with Crippen LogP contribution in [0.5, 0.6) is 0 Å². The summed E-state index contributed by atoms with van der Waals surface area (Å²) in [5.41, 5.74) is 1.26. The monoisotopic (exact) mass is 150 g/mol. The molecule has 0 aliphatic carbocycles. The van der Waals surface area contributed by atoms with Gasteiger partial charge in [-0.15, -0.1) is 0 Å². The van der Waals surface area contributed by atoms with Crippen LogP contribution in [-0.4, -0.2) is 0 Å². The fourth-order valence-corrected chi connectivity index (χ4v) is 1.18. The van der Waals surface area contributed by atoms with Gasteiger partial charge in [0.25, 0.3) is 0 Å². The molecular formula is C10H14O. The first-order chi connectivity index (χ1) is 5.22. The highest BCUT2D eigenvalue weighted by atomic mass is 16.5. The third kappa shape index (κ3) is 2.26. The van der Waals surface area contributed by atoms with Crippen LogP contribution >= 0.6 is 0 Å². The van der Waals surface area contributed by atoms with E-state index in [1.807, 2.05) is 13.8 Å². The molecule has 0 amide bonds. The molecule has 1 aliphatic rings. The summed E-state index contributed by atoms with van der Waals surface area (Å²) in [5.74, 6) is 1.95. The fourth-order valence-electron chi connectivity index (χ4n) is 1.18. The Morgan fingerprint density at radius 3 is 2.27 bits per heavy atom. The molecule has 0 spiro atoms. The molecule has 1 aliphatic heterocycles. The van der Waals surface area contributed by atoms with Gasteiger partial charge in [-0.2, -0.15) is 0 Å². The lowest BCUT2D eigenvalue weighted by molar-refractivity contribution is 0.304. The quantitative estimate of drug-likeness (QED) is 0.558. The van der Waals surface area contributed by atoms with E-state index < -0.39 is 0 Å². The van der Waals surface area contributed by atoms with Crippen LogP contribution in [0.3, 0.4) is 0 Å². The molecule has 0 saturated carbocycles. The summed E-state index contributed by atoms with van der Waals surface area (Å²) in [4.78, 5) is 0. The highest BCUT2D eigenvalue weighted by Gasteiger charge is 2.01.